The summed E-state index contributed by atoms with van der Waals surface area (Å²) in [5.41, 5.74) is 2.65. The van der Waals surface area contributed by atoms with Crippen molar-refractivity contribution in [2.75, 3.05) is 13.7 Å². The molecule has 0 aliphatic carbocycles. The Hall–Kier alpha value is -4.59. The summed E-state index contributed by atoms with van der Waals surface area (Å²) in [6.07, 6.45) is 0. The predicted molar refractivity (Wildman–Crippen MR) is 145 cm³/mol. The molecule has 1 atom stereocenters. The number of aromatic hydroxyl groups is 1. The quantitative estimate of drug-likeness (QED) is 0.176. The number of aliphatic hydroxyl groups excluding tert-OH is 1. The van der Waals surface area contributed by atoms with E-state index in [4.69, 9.17) is 9.47 Å². The molecule has 1 fully saturated rings. The number of ketones is 1. The summed E-state index contributed by atoms with van der Waals surface area (Å²) < 4.78 is 10.5. The summed E-state index contributed by atoms with van der Waals surface area (Å²) in [4.78, 5) is 39.9. The van der Waals surface area contributed by atoms with Crippen LogP contribution in [0.3, 0.4) is 0 Å². The number of benzene rings is 3. The van der Waals surface area contributed by atoms with E-state index in [0.29, 0.717) is 34.6 Å². The number of esters is 1. The van der Waals surface area contributed by atoms with E-state index in [1.807, 2.05) is 20.8 Å². The first-order valence-electron chi connectivity index (χ1n) is 12.7. The zero-order chi connectivity index (χ0) is 28.3. The number of carbonyl (C=O) groups is 3. The van der Waals surface area contributed by atoms with Gasteiger partial charge in [-0.3, -0.25) is 9.59 Å². The van der Waals surface area contributed by atoms with Gasteiger partial charge in [0.05, 0.1) is 30.9 Å². The average molecular weight is 530 g/mol. The number of methoxy groups -OCH3 is 1. The highest BCUT2D eigenvalue weighted by molar-refractivity contribution is 6.46. The molecule has 1 amide bonds. The molecule has 3 aromatic rings. The fourth-order valence-electron chi connectivity index (χ4n) is 4.73. The Labute approximate surface area is 227 Å². The maximum absolute atomic E-state index is 13.4. The molecule has 1 aliphatic rings. The van der Waals surface area contributed by atoms with Crippen LogP contribution >= 0.6 is 0 Å². The number of hydrogen-bond acceptors (Lipinski definition) is 7. The maximum atomic E-state index is 13.4. The van der Waals surface area contributed by atoms with Gasteiger partial charge in [-0.2, -0.15) is 0 Å². The second-order valence-electron chi connectivity index (χ2n) is 9.55. The molecule has 1 heterocycles. The molecule has 202 valence electrons. The van der Waals surface area contributed by atoms with Gasteiger partial charge >= 0.3 is 5.97 Å². The number of aliphatic hydroxyl groups is 1. The first-order chi connectivity index (χ1) is 18.7. The normalized spacial score (nSPS) is 16.5. The smallest absolute Gasteiger partial charge is 0.337 e. The summed E-state index contributed by atoms with van der Waals surface area (Å²) in [6.45, 7) is 6.40. The van der Waals surface area contributed by atoms with Crippen molar-refractivity contribution >= 4 is 23.4 Å². The van der Waals surface area contributed by atoms with Gasteiger partial charge in [0.1, 0.15) is 17.3 Å². The van der Waals surface area contributed by atoms with E-state index in [1.54, 1.807) is 54.6 Å². The Bertz CT molecular complexity index is 1440. The predicted octanol–water partition coefficient (Wildman–Crippen LogP) is 5.32. The Morgan fingerprint density at radius 2 is 1.69 bits per heavy atom. The summed E-state index contributed by atoms with van der Waals surface area (Å²) in [5.74, 6) is -1.68. The minimum absolute atomic E-state index is 0.0314. The number of ether oxygens (including phenoxy) is 2. The van der Waals surface area contributed by atoms with Crippen molar-refractivity contribution in [3.05, 3.63) is 100 Å². The van der Waals surface area contributed by atoms with Crippen LogP contribution in [-0.2, 0) is 20.9 Å². The molecule has 1 aliphatic heterocycles. The molecule has 0 aromatic heterocycles. The van der Waals surface area contributed by atoms with E-state index < -0.39 is 23.7 Å². The molecule has 39 heavy (non-hydrogen) atoms. The third kappa shape index (κ3) is 5.50. The van der Waals surface area contributed by atoms with E-state index in [0.717, 1.165) is 5.56 Å². The molecule has 8 heteroatoms. The van der Waals surface area contributed by atoms with E-state index in [1.165, 1.54) is 24.1 Å². The lowest BCUT2D eigenvalue weighted by atomic mass is 9.93. The van der Waals surface area contributed by atoms with Gasteiger partial charge in [0.15, 0.2) is 0 Å². The van der Waals surface area contributed by atoms with Crippen molar-refractivity contribution in [3.63, 3.8) is 0 Å². The largest absolute Gasteiger partial charge is 0.508 e. The number of Topliss-reactive ketones (excluding diaryl/α,β-unsaturated/α-hetero) is 1. The first-order valence-corrected chi connectivity index (χ1v) is 12.7. The van der Waals surface area contributed by atoms with Crippen LogP contribution in [0.25, 0.3) is 5.76 Å². The molecule has 1 unspecified atom stereocenters. The number of amides is 1. The third-order valence-electron chi connectivity index (χ3n) is 6.66. The molecule has 0 radical (unpaired) electrons. The Morgan fingerprint density at radius 3 is 2.31 bits per heavy atom. The second-order valence-corrected chi connectivity index (χ2v) is 9.55. The van der Waals surface area contributed by atoms with Gasteiger partial charge in [-0.05, 0) is 72.0 Å². The van der Waals surface area contributed by atoms with Crippen molar-refractivity contribution in [2.24, 2.45) is 0 Å². The molecule has 3 aromatic carbocycles. The highest BCUT2D eigenvalue weighted by atomic mass is 16.5. The zero-order valence-electron chi connectivity index (χ0n) is 22.3. The minimum atomic E-state index is -0.952. The fourth-order valence-corrected chi connectivity index (χ4v) is 4.73. The molecule has 0 spiro atoms. The fraction of sp³-hybridized carbons (Fsp3) is 0.258. The van der Waals surface area contributed by atoms with Crippen molar-refractivity contribution in [1.29, 1.82) is 0 Å². The number of nitrogens with zero attached hydrogens (tertiary/aromatic N) is 1. The lowest BCUT2D eigenvalue weighted by molar-refractivity contribution is -0.140. The van der Waals surface area contributed by atoms with Gasteiger partial charge in [0, 0.05) is 12.1 Å². The molecule has 0 bridgehead atoms. The third-order valence-corrected chi connectivity index (χ3v) is 6.66. The highest BCUT2D eigenvalue weighted by Crippen LogP contribution is 2.42. The van der Waals surface area contributed by atoms with Crippen molar-refractivity contribution in [2.45, 2.75) is 39.3 Å². The van der Waals surface area contributed by atoms with Gasteiger partial charge in [-0.1, -0.05) is 38.1 Å². The first kappa shape index (κ1) is 27.4. The summed E-state index contributed by atoms with van der Waals surface area (Å²) in [6, 6.07) is 17.0. The SMILES string of the molecule is CCOc1ccc(/C(O)=C2/C(=O)C(=O)N(Cc3ccc(C(=O)OC)cc3)C2c2cccc(O)c2)cc1C(C)C. The van der Waals surface area contributed by atoms with Crippen molar-refractivity contribution in [1.82, 2.24) is 4.90 Å². The van der Waals surface area contributed by atoms with Gasteiger partial charge in [0.25, 0.3) is 11.7 Å². The number of likely N-dealkylation sites (tertiary alicyclic amines) is 1. The van der Waals surface area contributed by atoms with E-state index in [9.17, 15) is 24.6 Å². The summed E-state index contributed by atoms with van der Waals surface area (Å²) in [5, 5.41) is 21.7. The van der Waals surface area contributed by atoms with E-state index >= 15 is 0 Å². The van der Waals surface area contributed by atoms with Crippen LogP contribution in [0.1, 0.15) is 65.3 Å². The average Bonchev–Trinajstić information content (AvgIpc) is 3.17. The van der Waals surface area contributed by atoms with Gasteiger partial charge in [-0.25, -0.2) is 4.79 Å². The molecule has 8 nitrogen and oxygen atoms in total. The summed E-state index contributed by atoms with van der Waals surface area (Å²) >= 11 is 0. The van der Waals surface area contributed by atoms with E-state index in [-0.39, 0.29) is 29.5 Å². The lowest BCUT2D eigenvalue weighted by Crippen LogP contribution is -2.29. The highest BCUT2D eigenvalue weighted by Gasteiger charge is 2.46. The van der Waals surface area contributed by atoms with Crippen LogP contribution in [0.2, 0.25) is 0 Å². The van der Waals surface area contributed by atoms with Crippen molar-refractivity contribution < 1.29 is 34.1 Å². The van der Waals surface area contributed by atoms with Crippen LogP contribution in [0.15, 0.2) is 72.3 Å². The zero-order valence-corrected chi connectivity index (χ0v) is 22.3. The van der Waals surface area contributed by atoms with Gasteiger partial charge < -0.3 is 24.6 Å². The number of phenols is 1. The molecule has 4 rings (SSSR count). The van der Waals surface area contributed by atoms with E-state index in [2.05, 4.69) is 0 Å². The van der Waals surface area contributed by atoms with Crippen LogP contribution in [0.5, 0.6) is 11.5 Å². The monoisotopic (exact) mass is 529 g/mol. The Morgan fingerprint density at radius 1 is 1.00 bits per heavy atom. The van der Waals surface area contributed by atoms with Crippen LogP contribution in [-0.4, -0.2) is 46.5 Å². The topological polar surface area (TPSA) is 113 Å². The van der Waals surface area contributed by atoms with Crippen LogP contribution < -0.4 is 4.74 Å². The molecular weight excluding hydrogens is 498 g/mol. The summed E-state index contributed by atoms with van der Waals surface area (Å²) in [7, 11) is 1.29. The van der Waals surface area contributed by atoms with Gasteiger partial charge in [-0.15, -0.1) is 0 Å². The Balaban J connectivity index is 1.82. The second kappa shape index (κ2) is 11.4. The molecule has 0 saturated carbocycles. The number of carbonyl (C=O) groups excluding carboxylic acids is 3. The van der Waals surface area contributed by atoms with Crippen molar-refractivity contribution in [3.8, 4) is 11.5 Å². The van der Waals surface area contributed by atoms with Crippen LogP contribution in [0, 0.1) is 0 Å². The maximum Gasteiger partial charge on any atom is 0.337 e. The lowest BCUT2D eigenvalue weighted by Gasteiger charge is -2.25. The molecular formula is C31H31NO7. The standard InChI is InChI=1S/C31H31NO7/c1-5-39-25-14-13-22(16-24(25)18(2)3)28(34)26-27(21-7-6-8-23(33)15-21)32(30(36)29(26)35)17-19-9-11-20(12-10-19)31(37)38-4/h6-16,18,27,33-34H,5,17H2,1-4H3/b28-26-. The Kier molecular flexibility index (Phi) is 8.04. The number of phenolic OH excluding ortho intramolecular Hbond substituents is 1. The molecule has 2 N–H and O–H groups in total. The number of rotatable bonds is 8. The minimum Gasteiger partial charge on any atom is -0.508 e. The molecule has 1 saturated heterocycles. The van der Waals surface area contributed by atoms with Gasteiger partial charge in [0.2, 0.25) is 0 Å². The van der Waals surface area contributed by atoms with Crippen LogP contribution in [0.4, 0.5) is 0 Å². The number of hydrogen-bond donors (Lipinski definition) is 2.